The van der Waals surface area contributed by atoms with Crippen LogP contribution in [0.4, 0.5) is 9.59 Å². The smallest absolute Gasteiger partial charge is 0.477 e. The highest BCUT2D eigenvalue weighted by atomic mass is 16.8. The lowest BCUT2D eigenvalue weighted by molar-refractivity contribution is -0.147. The maximum atomic E-state index is 12.1. The number of esters is 1. The van der Waals surface area contributed by atoms with Crippen molar-refractivity contribution in [2.24, 2.45) is 5.11 Å². The van der Waals surface area contributed by atoms with E-state index in [2.05, 4.69) is 25.4 Å². The van der Waals surface area contributed by atoms with E-state index in [0.29, 0.717) is 0 Å². The maximum absolute atomic E-state index is 12.1. The number of rotatable bonds is 8. The minimum absolute atomic E-state index is 0.137. The van der Waals surface area contributed by atoms with Crippen molar-refractivity contribution in [2.45, 2.75) is 37.3 Å². The Balaban J connectivity index is 2.45. The van der Waals surface area contributed by atoms with Crippen LogP contribution in [-0.4, -0.2) is 86.5 Å². The summed E-state index contributed by atoms with van der Waals surface area (Å²) in [6.45, 7) is 0.352. The number of carbonyl (C=O) groups is 4. The molecule has 2 amide bonds. The lowest BCUT2D eigenvalue weighted by Gasteiger charge is -2.39. The third-order valence-electron chi connectivity index (χ3n) is 4.18. The van der Waals surface area contributed by atoms with Gasteiger partial charge in [0.2, 0.25) is 11.7 Å². The molecule has 1 fully saturated rings. The number of nitrogens with one attached hydrogen (secondary N) is 2. The van der Waals surface area contributed by atoms with Crippen molar-refractivity contribution in [1.29, 1.82) is 0 Å². The second-order valence-electron chi connectivity index (χ2n) is 6.26. The second-order valence-corrected chi connectivity index (χ2v) is 6.26. The summed E-state index contributed by atoms with van der Waals surface area (Å²) in [5.41, 5.74) is 8.92. The second kappa shape index (κ2) is 10.9. The van der Waals surface area contributed by atoms with Gasteiger partial charge in [-0.15, -0.1) is 0 Å². The molecule has 0 saturated carbocycles. The predicted molar refractivity (Wildman–Crippen MR) is 97.1 cm³/mol. The fourth-order valence-electron chi connectivity index (χ4n) is 2.95. The van der Waals surface area contributed by atoms with E-state index in [1.807, 2.05) is 0 Å². The summed E-state index contributed by atoms with van der Waals surface area (Å²) in [7, 11) is 1.09. The van der Waals surface area contributed by atoms with Crippen LogP contribution in [0.3, 0.4) is 0 Å². The van der Waals surface area contributed by atoms with E-state index in [-0.39, 0.29) is 25.5 Å². The molecule has 0 aliphatic carbocycles. The number of aliphatic hydroxyl groups excluding tert-OH is 1. The van der Waals surface area contributed by atoms with Gasteiger partial charge in [-0.25, -0.2) is 14.4 Å². The Labute approximate surface area is 175 Å². The minimum Gasteiger partial charge on any atom is -0.477 e. The Kier molecular flexibility index (Phi) is 8.28. The Morgan fingerprint density at radius 1 is 1.42 bits per heavy atom. The van der Waals surface area contributed by atoms with Gasteiger partial charge in [0, 0.05) is 18.4 Å². The number of cyclic esters (lactones) is 2. The molecule has 15 nitrogen and oxygen atoms in total. The highest BCUT2D eigenvalue weighted by Crippen LogP contribution is 2.29. The van der Waals surface area contributed by atoms with Crippen molar-refractivity contribution in [3.63, 3.8) is 0 Å². The molecule has 2 rings (SSSR count). The molecule has 1 saturated heterocycles. The summed E-state index contributed by atoms with van der Waals surface area (Å²) in [6.07, 6.45) is -4.87. The van der Waals surface area contributed by atoms with Gasteiger partial charge in [0.15, 0.2) is 18.3 Å². The topological polar surface area (TPSA) is 207 Å². The Hall–Kier alpha value is -3.71. The SMILES string of the molecule is COC(=O)C1=C[C@H](N=[N+]=[N-])[C@@H](NC(C)=O)[C@H]([C@H](OC(=O)NCCO)[C@H]2COC(=O)O2)O1. The normalized spacial score (nSPS) is 25.4. The first-order chi connectivity index (χ1) is 14.8. The van der Waals surface area contributed by atoms with Gasteiger partial charge in [0.05, 0.1) is 25.8 Å². The number of aliphatic hydroxyl groups is 1. The maximum Gasteiger partial charge on any atom is 0.508 e. The number of alkyl carbamates (subject to hydrolysis) is 1. The molecule has 0 unspecified atom stereocenters. The summed E-state index contributed by atoms with van der Waals surface area (Å²) in [4.78, 5) is 50.1. The minimum atomic E-state index is -1.42. The van der Waals surface area contributed by atoms with E-state index in [4.69, 9.17) is 29.6 Å². The number of methoxy groups -OCH3 is 1. The van der Waals surface area contributed by atoms with E-state index in [1.165, 1.54) is 6.92 Å². The van der Waals surface area contributed by atoms with Crippen molar-refractivity contribution in [3.05, 3.63) is 22.3 Å². The van der Waals surface area contributed by atoms with Crippen molar-refractivity contribution in [2.75, 3.05) is 26.9 Å². The number of hydrogen-bond donors (Lipinski definition) is 3. The monoisotopic (exact) mass is 443 g/mol. The van der Waals surface area contributed by atoms with Crippen LogP contribution in [0.2, 0.25) is 0 Å². The van der Waals surface area contributed by atoms with Gasteiger partial charge in [-0.3, -0.25) is 4.79 Å². The van der Waals surface area contributed by atoms with Crippen LogP contribution in [0.15, 0.2) is 16.9 Å². The molecule has 2 heterocycles. The first kappa shape index (κ1) is 23.6. The lowest BCUT2D eigenvalue weighted by atomic mass is 9.92. The van der Waals surface area contributed by atoms with Gasteiger partial charge in [-0.05, 0) is 11.6 Å². The molecule has 2 aliphatic rings. The Morgan fingerprint density at radius 2 is 2.16 bits per heavy atom. The standard InChI is InChI=1S/C16H21N5O10/c1-7(23)19-11-8(20-21-17)5-9(14(24)27-2)29-13(11)12(10-6-28-16(26)30-10)31-15(25)18-3-4-22/h5,8,10-13,22H,3-4,6H2,1-2H3,(H,18,25)(H,19,23)/t8-,10+,11+,12+,13+/m0/s1. The van der Waals surface area contributed by atoms with E-state index in [9.17, 15) is 19.2 Å². The summed E-state index contributed by atoms with van der Waals surface area (Å²) >= 11 is 0. The first-order valence-electron chi connectivity index (χ1n) is 8.97. The molecule has 0 aromatic carbocycles. The molecule has 15 heteroatoms. The highest BCUT2D eigenvalue weighted by Gasteiger charge is 2.49. The molecule has 170 valence electrons. The Bertz CT molecular complexity index is 796. The van der Waals surface area contributed by atoms with E-state index >= 15 is 0 Å². The summed E-state index contributed by atoms with van der Waals surface area (Å²) in [6, 6.07) is -2.27. The quantitative estimate of drug-likeness (QED) is 0.140. The van der Waals surface area contributed by atoms with Gasteiger partial charge in [-0.2, -0.15) is 0 Å². The Morgan fingerprint density at radius 3 is 2.71 bits per heavy atom. The molecule has 5 atom stereocenters. The third kappa shape index (κ3) is 6.13. The molecule has 0 aromatic heterocycles. The molecule has 0 aromatic rings. The molecule has 3 N–H and O–H groups in total. The fourth-order valence-corrected chi connectivity index (χ4v) is 2.95. The first-order valence-corrected chi connectivity index (χ1v) is 8.97. The molecule has 0 radical (unpaired) electrons. The zero-order valence-electron chi connectivity index (χ0n) is 16.5. The van der Waals surface area contributed by atoms with Gasteiger partial charge < -0.3 is 39.4 Å². The third-order valence-corrected chi connectivity index (χ3v) is 4.18. The summed E-state index contributed by atoms with van der Waals surface area (Å²) in [5, 5.41) is 17.2. The van der Waals surface area contributed by atoms with Crippen molar-refractivity contribution in [1.82, 2.24) is 10.6 Å². The number of amides is 2. The van der Waals surface area contributed by atoms with E-state index < -0.39 is 54.5 Å². The summed E-state index contributed by atoms with van der Waals surface area (Å²) in [5.74, 6) is -1.84. The van der Waals surface area contributed by atoms with Gasteiger partial charge in [0.25, 0.3) is 0 Å². The van der Waals surface area contributed by atoms with Crippen molar-refractivity contribution in [3.8, 4) is 0 Å². The van der Waals surface area contributed by atoms with Crippen LogP contribution in [0.5, 0.6) is 0 Å². The molecule has 2 aliphatic heterocycles. The lowest BCUT2D eigenvalue weighted by Crippen LogP contribution is -2.60. The number of nitrogens with zero attached hydrogens (tertiary/aromatic N) is 3. The van der Waals surface area contributed by atoms with Crippen LogP contribution in [-0.2, 0) is 33.3 Å². The zero-order chi connectivity index (χ0) is 23.0. The molecular formula is C16H21N5O10. The van der Waals surface area contributed by atoms with E-state index in [1.54, 1.807) is 0 Å². The van der Waals surface area contributed by atoms with Gasteiger partial charge in [0.1, 0.15) is 6.61 Å². The van der Waals surface area contributed by atoms with Crippen molar-refractivity contribution >= 4 is 24.1 Å². The number of carbonyl (C=O) groups excluding carboxylic acids is 4. The predicted octanol–water partition coefficient (Wildman–Crippen LogP) is -0.752. The zero-order valence-corrected chi connectivity index (χ0v) is 16.5. The fraction of sp³-hybridized carbons (Fsp3) is 0.625. The number of ether oxygens (including phenoxy) is 5. The molecular weight excluding hydrogens is 422 g/mol. The number of azide groups is 1. The highest BCUT2D eigenvalue weighted by molar-refractivity contribution is 5.86. The van der Waals surface area contributed by atoms with Crippen LogP contribution >= 0.6 is 0 Å². The average molecular weight is 443 g/mol. The van der Waals surface area contributed by atoms with Gasteiger partial charge >= 0.3 is 18.2 Å². The average Bonchev–Trinajstić information content (AvgIpc) is 3.16. The molecule has 31 heavy (non-hydrogen) atoms. The largest absolute Gasteiger partial charge is 0.508 e. The van der Waals surface area contributed by atoms with E-state index in [0.717, 1.165) is 13.2 Å². The number of hydrogen-bond acceptors (Lipinski definition) is 11. The van der Waals surface area contributed by atoms with Crippen LogP contribution in [0, 0.1) is 0 Å². The van der Waals surface area contributed by atoms with Crippen LogP contribution in [0.1, 0.15) is 6.92 Å². The molecule has 0 bridgehead atoms. The van der Waals surface area contributed by atoms with Crippen molar-refractivity contribution < 1.29 is 48.0 Å². The summed E-state index contributed by atoms with van der Waals surface area (Å²) < 4.78 is 25.3. The van der Waals surface area contributed by atoms with Crippen LogP contribution in [0.25, 0.3) is 10.4 Å². The van der Waals surface area contributed by atoms with Crippen LogP contribution < -0.4 is 10.6 Å². The molecule has 0 spiro atoms. The van der Waals surface area contributed by atoms with Gasteiger partial charge in [-0.1, -0.05) is 5.11 Å².